The molecule has 0 aromatic heterocycles. The molecule has 1 heterocycles. The van der Waals surface area contributed by atoms with Crippen molar-refractivity contribution in [3.63, 3.8) is 0 Å². The summed E-state index contributed by atoms with van der Waals surface area (Å²) in [5.41, 5.74) is 0. The summed E-state index contributed by atoms with van der Waals surface area (Å²) in [7, 11) is -0.584. The van der Waals surface area contributed by atoms with Crippen molar-refractivity contribution in [1.82, 2.24) is 5.32 Å². The molecule has 16 heavy (non-hydrogen) atoms. The average Bonchev–Trinajstić information content (AvgIpc) is 2.29. The fraction of sp³-hybridized carbons (Fsp3) is 1.00. The van der Waals surface area contributed by atoms with E-state index in [1.807, 2.05) is 13.8 Å². The van der Waals surface area contributed by atoms with Crippen molar-refractivity contribution in [3.8, 4) is 0 Å². The smallest absolute Gasteiger partial charge is 0.169 e. The quantitative estimate of drug-likeness (QED) is 0.681. The van der Waals surface area contributed by atoms with Gasteiger partial charge in [0, 0.05) is 48.1 Å². The highest BCUT2D eigenvalue weighted by molar-refractivity contribution is 7.85. The van der Waals surface area contributed by atoms with Crippen molar-refractivity contribution in [1.29, 1.82) is 0 Å². The SMILES string of the molecule is CCOC(CNC1CCS(=O)CC1)OCC. The summed E-state index contributed by atoms with van der Waals surface area (Å²) in [5.74, 6) is 1.65. The molecule has 96 valence electrons. The van der Waals surface area contributed by atoms with Crippen molar-refractivity contribution < 1.29 is 13.7 Å². The molecule has 0 atom stereocenters. The first-order valence-corrected chi connectivity index (χ1v) is 7.56. The maximum atomic E-state index is 11.2. The number of hydrogen-bond donors (Lipinski definition) is 1. The second kappa shape index (κ2) is 8.17. The third-order valence-electron chi connectivity index (χ3n) is 2.67. The van der Waals surface area contributed by atoms with Crippen molar-refractivity contribution in [3.05, 3.63) is 0 Å². The third kappa shape index (κ3) is 5.39. The van der Waals surface area contributed by atoms with Gasteiger partial charge in [0.2, 0.25) is 0 Å². The molecule has 1 fully saturated rings. The topological polar surface area (TPSA) is 47.6 Å². The van der Waals surface area contributed by atoms with Crippen molar-refractivity contribution in [2.24, 2.45) is 0 Å². The Labute approximate surface area is 101 Å². The van der Waals surface area contributed by atoms with Crippen LogP contribution in [0.3, 0.4) is 0 Å². The maximum absolute atomic E-state index is 11.2. The zero-order valence-electron chi connectivity index (χ0n) is 10.2. The van der Waals surface area contributed by atoms with E-state index in [2.05, 4.69) is 5.32 Å². The number of rotatable bonds is 7. The molecule has 1 N–H and O–H groups in total. The molecule has 0 spiro atoms. The van der Waals surface area contributed by atoms with Crippen LogP contribution < -0.4 is 5.32 Å². The zero-order chi connectivity index (χ0) is 11.8. The molecule has 0 aromatic carbocycles. The van der Waals surface area contributed by atoms with Gasteiger partial charge in [-0.05, 0) is 26.7 Å². The molecule has 4 nitrogen and oxygen atoms in total. The Morgan fingerprint density at radius 3 is 2.31 bits per heavy atom. The normalized spacial score (nSPS) is 26.2. The van der Waals surface area contributed by atoms with Gasteiger partial charge in [-0.2, -0.15) is 0 Å². The largest absolute Gasteiger partial charge is 0.352 e. The van der Waals surface area contributed by atoms with Crippen LogP contribution in [0.15, 0.2) is 0 Å². The van der Waals surface area contributed by atoms with Gasteiger partial charge in [0.25, 0.3) is 0 Å². The van der Waals surface area contributed by atoms with Crippen LogP contribution in [0.25, 0.3) is 0 Å². The molecule has 0 bridgehead atoms. The Kier molecular flexibility index (Phi) is 7.20. The van der Waals surface area contributed by atoms with Gasteiger partial charge in [0.1, 0.15) is 0 Å². The first-order chi connectivity index (χ1) is 7.76. The fourth-order valence-electron chi connectivity index (χ4n) is 1.80. The van der Waals surface area contributed by atoms with E-state index in [9.17, 15) is 4.21 Å². The molecule has 0 radical (unpaired) electrons. The van der Waals surface area contributed by atoms with E-state index in [0.29, 0.717) is 19.3 Å². The predicted molar refractivity (Wildman–Crippen MR) is 65.9 cm³/mol. The molecule has 0 aliphatic carbocycles. The van der Waals surface area contributed by atoms with Crippen LogP contribution >= 0.6 is 0 Å². The maximum Gasteiger partial charge on any atom is 0.169 e. The molecule has 5 heteroatoms. The lowest BCUT2D eigenvalue weighted by Gasteiger charge is -2.25. The van der Waals surface area contributed by atoms with Gasteiger partial charge in [-0.25, -0.2) is 0 Å². The summed E-state index contributed by atoms with van der Waals surface area (Å²) in [5, 5.41) is 3.43. The van der Waals surface area contributed by atoms with Gasteiger partial charge in [0.05, 0.1) is 0 Å². The summed E-state index contributed by atoms with van der Waals surface area (Å²) in [6.07, 6.45) is 1.84. The highest BCUT2D eigenvalue weighted by atomic mass is 32.2. The minimum Gasteiger partial charge on any atom is -0.352 e. The molecular formula is C11H23NO3S. The molecule has 1 aliphatic rings. The predicted octanol–water partition coefficient (Wildman–Crippen LogP) is 0.886. The Bertz CT molecular complexity index is 197. The van der Waals surface area contributed by atoms with Crippen molar-refractivity contribution >= 4 is 10.8 Å². The van der Waals surface area contributed by atoms with Crippen LogP contribution in [0.4, 0.5) is 0 Å². The van der Waals surface area contributed by atoms with E-state index in [1.54, 1.807) is 0 Å². The fourth-order valence-corrected chi connectivity index (χ4v) is 3.10. The van der Waals surface area contributed by atoms with E-state index in [1.165, 1.54) is 0 Å². The molecule has 0 aromatic rings. The van der Waals surface area contributed by atoms with E-state index in [4.69, 9.17) is 9.47 Å². The van der Waals surface area contributed by atoms with E-state index < -0.39 is 10.8 Å². The molecular weight excluding hydrogens is 226 g/mol. The first kappa shape index (κ1) is 14.1. The van der Waals surface area contributed by atoms with Gasteiger partial charge in [0.15, 0.2) is 6.29 Å². The molecule has 1 aliphatic heterocycles. The summed E-state index contributed by atoms with van der Waals surface area (Å²) in [4.78, 5) is 0. The number of nitrogens with one attached hydrogen (secondary N) is 1. The Morgan fingerprint density at radius 2 is 1.81 bits per heavy atom. The molecule has 0 unspecified atom stereocenters. The summed E-state index contributed by atoms with van der Waals surface area (Å²) >= 11 is 0. The van der Waals surface area contributed by atoms with Gasteiger partial charge >= 0.3 is 0 Å². The van der Waals surface area contributed by atoms with E-state index in [-0.39, 0.29) is 6.29 Å². The molecule has 0 amide bonds. The summed E-state index contributed by atoms with van der Waals surface area (Å²) in [6.45, 7) is 5.99. The lowest BCUT2D eigenvalue weighted by molar-refractivity contribution is -0.133. The van der Waals surface area contributed by atoms with E-state index >= 15 is 0 Å². The minimum atomic E-state index is -0.584. The van der Waals surface area contributed by atoms with Gasteiger partial charge < -0.3 is 14.8 Å². The Balaban J connectivity index is 2.18. The van der Waals surface area contributed by atoms with Gasteiger partial charge in [-0.1, -0.05) is 0 Å². The average molecular weight is 249 g/mol. The molecule has 0 saturated carbocycles. The standard InChI is InChI=1S/C11H23NO3S/c1-3-14-11(15-4-2)9-12-10-5-7-16(13)8-6-10/h10-12H,3-9H2,1-2H3. The van der Waals surface area contributed by atoms with Crippen LogP contribution in [-0.2, 0) is 20.3 Å². The van der Waals surface area contributed by atoms with Gasteiger partial charge in [-0.15, -0.1) is 0 Å². The Hall–Kier alpha value is 0.0300. The second-order valence-electron chi connectivity index (χ2n) is 3.87. The first-order valence-electron chi connectivity index (χ1n) is 6.07. The van der Waals surface area contributed by atoms with Crippen LogP contribution in [0, 0.1) is 0 Å². The number of hydrogen-bond acceptors (Lipinski definition) is 4. The molecule has 1 rings (SSSR count). The van der Waals surface area contributed by atoms with Crippen LogP contribution in [0.2, 0.25) is 0 Å². The zero-order valence-corrected chi connectivity index (χ0v) is 11.1. The van der Waals surface area contributed by atoms with Crippen LogP contribution in [-0.4, -0.2) is 47.8 Å². The Morgan fingerprint density at radius 1 is 1.25 bits per heavy atom. The monoisotopic (exact) mass is 249 g/mol. The summed E-state index contributed by atoms with van der Waals surface area (Å²) < 4.78 is 22.1. The van der Waals surface area contributed by atoms with Crippen molar-refractivity contribution in [2.45, 2.75) is 39.0 Å². The minimum absolute atomic E-state index is 0.151. The van der Waals surface area contributed by atoms with Crippen LogP contribution in [0.1, 0.15) is 26.7 Å². The highest BCUT2D eigenvalue weighted by Gasteiger charge is 2.18. The number of ether oxygens (including phenoxy) is 2. The highest BCUT2D eigenvalue weighted by Crippen LogP contribution is 2.09. The lowest BCUT2D eigenvalue weighted by atomic mass is 10.1. The van der Waals surface area contributed by atoms with Gasteiger partial charge in [-0.3, -0.25) is 4.21 Å². The third-order valence-corrected chi connectivity index (χ3v) is 4.05. The lowest BCUT2D eigenvalue weighted by Crippen LogP contribution is -2.41. The van der Waals surface area contributed by atoms with Crippen LogP contribution in [0.5, 0.6) is 0 Å². The molecule has 1 saturated heterocycles. The summed E-state index contributed by atoms with van der Waals surface area (Å²) in [6, 6.07) is 0.473. The van der Waals surface area contributed by atoms with E-state index in [0.717, 1.165) is 30.9 Å². The second-order valence-corrected chi connectivity index (χ2v) is 5.57. The van der Waals surface area contributed by atoms with Crippen molar-refractivity contribution in [2.75, 3.05) is 31.3 Å².